The number of hydrogen-bond acceptors (Lipinski definition) is 4. The molecule has 1 aliphatic carbocycles. The number of rotatable bonds is 4. The third-order valence-corrected chi connectivity index (χ3v) is 6.83. The van der Waals surface area contributed by atoms with E-state index >= 15 is 0 Å². The molecule has 1 spiro atoms. The second-order valence-electron chi connectivity index (χ2n) is 8.56. The molecular weight excluding hydrogens is 368 g/mol. The van der Waals surface area contributed by atoms with E-state index in [2.05, 4.69) is 5.32 Å². The second kappa shape index (κ2) is 8.14. The number of nitrogens with two attached hydrogens (primary N) is 1. The number of nitrogens with zero attached hydrogens (tertiary/aromatic N) is 2. The summed E-state index contributed by atoms with van der Waals surface area (Å²) >= 11 is 0. The maximum absolute atomic E-state index is 13.0. The molecule has 156 valence electrons. The number of likely N-dealkylation sites (tertiary alicyclic amines) is 1. The van der Waals surface area contributed by atoms with E-state index in [0.29, 0.717) is 32.4 Å². The number of carbonyl (C=O) groups excluding carboxylic acids is 3. The molecule has 29 heavy (non-hydrogen) atoms. The van der Waals surface area contributed by atoms with Crippen LogP contribution in [0.2, 0.25) is 0 Å². The Morgan fingerprint density at radius 2 is 1.79 bits per heavy atom. The van der Waals surface area contributed by atoms with Gasteiger partial charge in [0, 0.05) is 19.0 Å². The number of hydrogen-bond donors (Lipinski definition) is 2. The topological polar surface area (TPSA) is 95.7 Å². The highest BCUT2D eigenvalue weighted by Gasteiger charge is 2.53. The molecule has 2 heterocycles. The van der Waals surface area contributed by atoms with Gasteiger partial charge >= 0.3 is 0 Å². The molecule has 3 amide bonds. The van der Waals surface area contributed by atoms with Crippen molar-refractivity contribution >= 4 is 17.7 Å². The highest BCUT2D eigenvalue weighted by Crippen LogP contribution is 2.36. The van der Waals surface area contributed by atoms with Crippen molar-refractivity contribution in [2.24, 2.45) is 11.7 Å². The summed E-state index contributed by atoms with van der Waals surface area (Å²) in [7, 11) is 0. The Bertz CT molecular complexity index is 768. The van der Waals surface area contributed by atoms with E-state index in [1.807, 2.05) is 30.3 Å². The van der Waals surface area contributed by atoms with E-state index in [1.165, 1.54) is 0 Å². The van der Waals surface area contributed by atoms with Crippen LogP contribution in [-0.4, -0.2) is 58.9 Å². The van der Waals surface area contributed by atoms with Gasteiger partial charge in [0.2, 0.25) is 17.7 Å². The van der Waals surface area contributed by atoms with Crippen molar-refractivity contribution in [1.29, 1.82) is 0 Å². The van der Waals surface area contributed by atoms with Gasteiger partial charge in [-0.1, -0.05) is 43.2 Å². The van der Waals surface area contributed by atoms with Gasteiger partial charge in [0.1, 0.15) is 5.54 Å². The van der Waals surface area contributed by atoms with Crippen molar-refractivity contribution in [3.63, 3.8) is 0 Å². The first-order valence-electron chi connectivity index (χ1n) is 10.7. The zero-order chi connectivity index (χ0) is 20.4. The molecule has 0 bridgehead atoms. The van der Waals surface area contributed by atoms with Crippen LogP contribution in [0.4, 0.5) is 0 Å². The van der Waals surface area contributed by atoms with Crippen molar-refractivity contribution < 1.29 is 14.4 Å². The maximum Gasteiger partial charge on any atom is 0.247 e. The van der Waals surface area contributed by atoms with Crippen molar-refractivity contribution in [3.05, 3.63) is 35.9 Å². The molecular formula is C22H30N4O3. The molecule has 0 unspecified atom stereocenters. The van der Waals surface area contributed by atoms with Crippen LogP contribution in [0.15, 0.2) is 30.3 Å². The van der Waals surface area contributed by atoms with Crippen LogP contribution >= 0.6 is 0 Å². The normalized spacial score (nSPS) is 22.7. The van der Waals surface area contributed by atoms with E-state index in [-0.39, 0.29) is 30.3 Å². The Balaban J connectivity index is 1.39. The minimum absolute atomic E-state index is 0.0403. The second-order valence-corrected chi connectivity index (χ2v) is 8.56. The maximum atomic E-state index is 13.0. The van der Waals surface area contributed by atoms with E-state index < -0.39 is 11.6 Å². The average molecular weight is 399 g/mol. The standard InChI is InChI=1S/C22H30N4O3/c23-18(14-16-6-2-1-3-7-16)20(28)25-12-10-22(11-13-25)21(29)24-15-26(22)19(27)17-8-4-5-9-17/h1-3,6-7,17-18H,4-5,8-15,23H2,(H,24,29)/t18-/m0/s1. The van der Waals surface area contributed by atoms with Crippen molar-refractivity contribution in [2.45, 2.75) is 56.5 Å². The number of piperidine rings is 1. The summed E-state index contributed by atoms with van der Waals surface area (Å²) in [5.41, 5.74) is 6.40. The summed E-state index contributed by atoms with van der Waals surface area (Å²) in [4.78, 5) is 42.1. The Labute approximate surface area is 171 Å². The fourth-order valence-electron chi connectivity index (χ4n) is 5.06. The summed E-state index contributed by atoms with van der Waals surface area (Å²) < 4.78 is 0. The Hall–Kier alpha value is -2.41. The Morgan fingerprint density at radius 3 is 2.45 bits per heavy atom. The van der Waals surface area contributed by atoms with Gasteiger partial charge in [0.05, 0.1) is 12.7 Å². The molecule has 4 rings (SSSR count). The van der Waals surface area contributed by atoms with Crippen LogP contribution in [0, 0.1) is 5.92 Å². The minimum atomic E-state index is -0.806. The summed E-state index contributed by atoms with van der Waals surface area (Å²) in [5, 5.41) is 2.87. The monoisotopic (exact) mass is 398 g/mol. The number of nitrogens with one attached hydrogen (secondary N) is 1. The average Bonchev–Trinajstić information content (AvgIpc) is 3.38. The first-order valence-corrected chi connectivity index (χ1v) is 10.7. The molecule has 7 heteroatoms. The zero-order valence-corrected chi connectivity index (χ0v) is 16.8. The van der Waals surface area contributed by atoms with Gasteiger partial charge in [-0.3, -0.25) is 14.4 Å². The van der Waals surface area contributed by atoms with E-state index in [0.717, 1.165) is 31.2 Å². The summed E-state index contributed by atoms with van der Waals surface area (Å²) in [5.74, 6) is -0.0276. The molecule has 1 saturated carbocycles. The summed E-state index contributed by atoms with van der Waals surface area (Å²) in [6, 6.07) is 9.14. The van der Waals surface area contributed by atoms with E-state index in [9.17, 15) is 14.4 Å². The van der Waals surface area contributed by atoms with E-state index in [4.69, 9.17) is 5.73 Å². The lowest BCUT2D eigenvalue weighted by molar-refractivity contribution is -0.148. The van der Waals surface area contributed by atoms with Gasteiger partial charge in [-0.25, -0.2) is 0 Å². The van der Waals surface area contributed by atoms with Crippen molar-refractivity contribution in [2.75, 3.05) is 19.8 Å². The van der Waals surface area contributed by atoms with Crippen LogP contribution in [-0.2, 0) is 20.8 Å². The highest BCUT2D eigenvalue weighted by atomic mass is 16.2. The first-order chi connectivity index (χ1) is 14.0. The first kappa shape index (κ1) is 19.9. The molecule has 3 N–H and O–H groups in total. The fraction of sp³-hybridized carbons (Fsp3) is 0.591. The SMILES string of the molecule is N[C@@H](Cc1ccccc1)C(=O)N1CCC2(CC1)C(=O)NCN2C(=O)C1CCCC1. The molecule has 1 aromatic rings. The number of amides is 3. The van der Waals surface area contributed by atoms with Crippen molar-refractivity contribution in [1.82, 2.24) is 15.1 Å². The van der Waals surface area contributed by atoms with Gasteiger partial charge in [0.15, 0.2) is 0 Å². The van der Waals surface area contributed by atoms with Crippen LogP contribution in [0.5, 0.6) is 0 Å². The molecule has 7 nitrogen and oxygen atoms in total. The lowest BCUT2D eigenvalue weighted by atomic mass is 9.84. The molecule has 2 saturated heterocycles. The van der Waals surface area contributed by atoms with Crippen LogP contribution < -0.4 is 11.1 Å². The molecule has 0 radical (unpaired) electrons. The lowest BCUT2D eigenvalue weighted by Gasteiger charge is -2.43. The predicted octanol–water partition coefficient (Wildman–Crippen LogP) is 1.02. The predicted molar refractivity (Wildman–Crippen MR) is 108 cm³/mol. The number of benzene rings is 1. The van der Waals surface area contributed by atoms with E-state index in [1.54, 1.807) is 9.80 Å². The molecule has 0 aromatic heterocycles. The van der Waals surface area contributed by atoms with Crippen LogP contribution in [0.1, 0.15) is 44.1 Å². The summed E-state index contributed by atoms with van der Waals surface area (Å²) in [6.45, 7) is 1.18. The Morgan fingerprint density at radius 1 is 1.14 bits per heavy atom. The third kappa shape index (κ3) is 3.75. The quantitative estimate of drug-likeness (QED) is 0.792. The summed E-state index contributed by atoms with van der Waals surface area (Å²) in [6.07, 6.45) is 5.44. The lowest BCUT2D eigenvalue weighted by Crippen LogP contribution is -2.60. The Kier molecular flexibility index (Phi) is 5.58. The van der Waals surface area contributed by atoms with Crippen molar-refractivity contribution in [3.8, 4) is 0 Å². The number of carbonyl (C=O) groups is 3. The molecule has 2 aliphatic heterocycles. The molecule has 3 fully saturated rings. The minimum Gasteiger partial charge on any atom is -0.341 e. The largest absolute Gasteiger partial charge is 0.341 e. The fourth-order valence-corrected chi connectivity index (χ4v) is 5.06. The van der Waals surface area contributed by atoms with Gasteiger partial charge in [-0.15, -0.1) is 0 Å². The van der Waals surface area contributed by atoms with Crippen LogP contribution in [0.25, 0.3) is 0 Å². The molecule has 1 atom stereocenters. The highest BCUT2D eigenvalue weighted by molar-refractivity contribution is 5.95. The molecule has 1 aromatic carbocycles. The van der Waals surface area contributed by atoms with Gasteiger partial charge in [0.25, 0.3) is 0 Å². The van der Waals surface area contributed by atoms with Gasteiger partial charge in [-0.2, -0.15) is 0 Å². The zero-order valence-electron chi connectivity index (χ0n) is 16.8. The molecule has 3 aliphatic rings. The van der Waals surface area contributed by atoms with Gasteiger partial charge in [-0.05, 0) is 37.7 Å². The van der Waals surface area contributed by atoms with Gasteiger partial charge < -0.3 is 20.9 Å². The van der Waals surface area contributed by atoms with Crippen LogP contribution in [0.3, 0.4) is 0 Å². The third-order valence-electron chi connectivity index (χ3n) is 6.83. The smallest absolute Gasteiger partial charge is 0.247 e.